The second-order valence-corrected chi connectivity index (χ2v) is 7.02. The van der Waals surface area contributed by atoms with Crippen LogP contribution >= 0.6 is 0 Å². The molecule has 2 aliphatic carbocycles. The minimum atomic E-state index is -0.223. The molecule has 2 saturated carbocycles. The molecule has 2 aliphatic rings. The molecule has 0 aliphatic heterocycles. The van der Waals surface area contributed by atoms with Crippen molar-refractivity contribution in [3.05, 3.63) is 0 Å². The summed E-state index contributed by atoms with van der Waals surface area (Å²) in [6.45, 7) is 4.53. The molecule has 4 heteroatoms. The maximum atomic E-state index is 10.9. The molecular weight excluding hydrogens is 467 g/mol. The Hall–Kier alpha value is 1.03. The van der Waals surface area contributed by atoms with Gasteiger partial charge < -0.3 is 15.0 Å². The monoisotopic (exact) mass is 497 g/mol. The van der Waals surface area contributed by atoms with Crippen molar-refractivity contribution in [1.82, 2.24) is 0 Å². The van der Waals surface area contributed by atoms with Gasteiger partial charge in [-0.05, 0) is 55.3 Å². The maximum absolute atomic E-state index is 10.9. The topological polar surface area (TPSA) is 57.5 Å². The van der Waals surface area contributed by atoms with Crippen molar-refractivity contribution < 1.29 is 59.1 Å². The predicted molar refractivity (Wildman–Crippen MR) is 74.6 cm³/mol. The van der Waals surface area contributed by atoms with Crippen LogP contribution in [0.2, 0.25) is 0 Å². The molecule has 20 heavy (non-hydrogen) atoms. The molecule has 0 aromatic heterocycles. The SMILES string of the molecule is [3H]O[C@H]1CCC[C@@]2(C)C1CC[C@@H]2[C@H](C)C[C@H](C=O)CO.[Ac]. The minimum Gasteiger partial charge on any atom is -0.396 e. The van der Waals surface area contributed by atoms with Crippen LogP contribution in [0.4, 0.5) is 0 Å². The summed E-state index contributed by atoms with van der Waals surface area (Å²) in [4.78, 5) is 10.9. The van der Waals surface area contributed by atoms with Crippen LogP contribution in [0, 0.1) is 73.1 Å². The van der Waals surface area contributed by atoms with Crippen molar-refractivity contribution in [1.29, 1.82) is 1.43 Å². The number of fused-ring (bicyclic) bond motifs is 1. The Kier molecular flexibility index (Phi) is 6.99. The second-order valence-electron chi connectivity index (χ2n) is 7.02. The molecule has 2 N–H and O–H groups in total. The van der Waals surface area contributed by atoms with Gasteiger partial charge in [-0.15, -0.1) is 0 Å². The average Bonchev–Trinajstić information content (AvgIpc) is 2.81. The van der Waals surface area contributed by atoms with Gasteiger partial charge in [0.1, 0.15) is 6.29 Å². The minimum absolute atomic E-state index is 0. The standard InChI is InChI=1S/C16H28O3.Ac/c1-11(8-12(9-17)10-18)13-5-6-14-15(19)4-3-7-16(13,14)2;/h9,11-15,18-19H,3-8,10H2,1-2H3;/t11-,12-,13-,14?,15+,16-;/m1./s1/i19T;. The molecule has 0 amide bonds. The van der Waals surface area contributed by atoms with Gasteiger partial charge in [0, 0.05) is 50.0 Å². The fourth-order valence-electron chi connectivity index (χ4n) is 4.91. The van der Waals surface area contributed by atoms with Crippen molar-refractivity contribution >= 4 is 6.29 Å². The van der Waals surface area contributed by atoms with Gasteiger partial charge in [-0.25, -0.2) is 0 Å². The van der Waals surface area contributed by atoms with E-state index in [1.807, 2.05) is 0 Å². The van der Waals surface area contributed by atoms with Gasteiger partial charge in [-0.1, -0.05) is 20.3 Å². The van der Waals surface area contributed by atoms with E-state index in [-0.39, 0.29) is 68.1 Å². The van der Waals surface area contributed by atoms with Crippen molar-refractivity contribution in [3.8, 4) is 0 Å². The maximum Gasteiger partial charge on any atom is 0.210 e. The van der Waals surface area contributed by atoms with Crippen LogP contribution in [-0.4, -0.2) is 30.6 Å². The Morgan fingerprint density at radius 2 is 2.20 bits per heavy atom. The number of hydrogen-bond acceptors (Lipinski definition) is 3. The first kappa shape index (κ1) is 17.4. The van der Waals surface area contributed by atoms with Crippen LogP contribution in [0.3, 0.4) is 0 Å². The number of aliphatic hydroxyl groups is 2. The molecule has 113 valence electrons. The van der Waals surface area contributed by atoms with E-state index in [4.69, 9.17) is 6.54 Å². The largest absolute Gasteiger partial charge is 0.396 e. The molecule has 1 radical (unpaired) electrons. The van der Waals surface area contributed by atoms with Crippen LogP contribution < -0.4 is 0 Å². The van der Waals surface area contributed by atoms with Crippen molar-refractivity contribution in [2.75, 3.05) is 6.61 Å². The summed E-state index contributed by atoms with van der Waals surface area (Å²) in [6.07, 6.45) is 7.42. The van der Waals surface area contributed by atoms with E-state index >= 15 is 0 Å². The number of carbonyl (C=O) groups excluding carboxylic acids is 1. The Balaban J connectivity index is 0.00000220. The average molecular weight is 497 g/mol. The van der Waals surface area contributed by atoms with E-state index < -0.39 is 0 Å². The van der Waals surface area contributed by atoms with Gasteiger partial charge in [0.05, 0.1) is 12.7 Å². The number of rotatable bonds is 6. The van der Waals surface area contributed by atoms with Crippen LogP contribution in [0.1, 0.15) is 52.4 Å². The fourth-order valence-corrected chi connectivity index (χ4v) is 4.91. The number of aldehydes is 1. The molecule has 0 aromatic carbocycles. The normalized spacial score (nSPS) is 40.1. The number of hydrogen-bond donors (Lipinski definition) is 2. The molecule has 2 fully saturated rings. The predicted octanol–water partition coefficient (Wildman–Crippen LogP) is 2.40. The zero-order chi connectivity index (χ0) is 14.8. The van der Waals surface area contributed by atoms with Gasteiger partial charge in [0.15, 0.2) is 0 Å². The van der Waals surface area contributed by atoms with Gasteiger partial charge in [-0.3, -0.25) is 0 Å². The third kappa shape index (κ3) is 3.68. The number of aliphatic hydroxyl groups excluding tert-OH is 2. The zero-order valence-corrected chi connectivity index (χ0v) is 17.5. The molecular formula is C16H28AcO3. The summed E-state index contributed by atoms with van der Waals surface area (Å²) in [5.74, 6) is 1.29. The molecule has 0 saturated heterocycles. The summed E-state index contributed by atoms with van der Waals surface area (Å²) in [7, 11) is 0. The quantitative estimate of drug-likeness (QED) is 0.555. The van der Waals surface area contributed by atoms with Gasteiger partial charge in [0.2, 0.25) is 1.43 Å². The molecule has 0 aromatic rings. The van der Waals surface area contributed by atoms with Crippen LogP contribution in [0.15, 0.2) is 0 Å². The summed E-state index contributed by atoms with van der Waals surface area (Å²) in [5, 5.41) is 14.2. The third-order valence-corrected chi connectivity index (χ3v) is 5.92. The zero-order valence-electron chi connectivity index (χ0n) is 13.8. The van der Waals surface area contributed by atoms with Crippen LogP contribution in [0.5, 0.6) is 0 Å². The molecule has 6 atom stereocenters. The first-order chi connectivity index (χ1) is 9.56. The smallest absolute Gasteiger partial charge is 0.210 e. The van der Waals surface area contributed by atoms with Crippen molar-refractivity contribution in [3.63, 3.8) is 0 Å². The Labute approximate surface area is 159 Å². The van der Waals surface area contributed by atoms with Crippen LogP contribution in [-0.2, 0) is 4.79 Å². The van der Waals surface area contributed by atoms with E-state index in [2.05, 4.69) is 13.8 Å². The Morgan fingerprint density at radius 3 is 2.80 bits per heavy atom. The van der Waals surface area contributed by atoms with Crippen molar-refractivity contribution in [2.24, 2.45) is 29.1 Å². The second kappa shape index (κ2) is 8.04. The van der Waals surface area contributed by atoms with Gasteiger partial charge in [-0.2, -0.15) is 0 Å². The van der Waals surface area contributed by atoms with E-state index in [1.165, 1.54) is 12.8 Å². The molecule has 3 nitrogen and oxygen atoms in total. The van der Waals surface area contributed by atoms with E-state index in [0.717, 1.165) is 32.0 Å². The molecule has 2 rings (SSSR count). The molecule has 0 heterocycles. The van der Waals surface area contributed by atoms with Crippen molar-refractivity contribution in [2.45, 2.75) is 58.5 Å². The van der Waals surface area contributed by atoms with Crippen LogP contribution in [0.25, 0.3) is 0 Å². The number of carbonyl (C=O) groups is 1. The first-order valence-electron chi connectivity index (χ1n) is 8.15. The van der Waals surface area contributed by atoms with E-state index in [9.17, 15) is 9.90 Å². The summed E-state index contributed by atoms with van der Waals surface area (Å²) < 4.78 is 7.30. The summed E-state index contributed by atoms with van der Waals surface area (Å²) in [6, 6.07) is 0. The Bertz CT molecular complexity index is 341. The first-order valence-corrected chi connectivity index (χ1v) is 7.75. The molecule has 0 spiro atoms. The third-order valence-electron chi connectivity index (χ3n) is 5.92. The van der Waals surface area contributed by atoms with Gasteiger partial charge >= 0.3 is 0 Å². The fraction of sp³-hybridized carbons (Fsp3) is 0.938. The molecule has 0 bridgehead atoms. The summed E-state index contributed by atoms with van der Waals surface area (Å²) in [5.41, 5.74) is 0.242. The Morgan fingerprint density at radius 1 is 1.45 bits per heavy atom. The summed E-state index contributed by atoms with van der Waals surface area (Å²) >= 11 is 0. The van der Waals surface area contributed by atoms with Gasteiger partial charge in [0.25, 0.3) is 0 Å². The van der Waals surface area contributed by atoms with E-state index in [0.29, 0.717) is 17.8 Å². The van der Waals surface area contributed by atoms with E-state index in [1.54, 1.807) is 0 Å². The molecule has 1 unspecified atom stereocenters.